The largest absolute Gasteiger partial charge is 1.00 e. The molecule has 2 amide bonds. The van der Waals surface area contributed by atoms with Gasteiger partial charge in [0.05, 0.1) is 6.54 Å². The normalized spacial score (nSPS) is 18.7. The molecule has 2 rings (SSSR count). The third-order valence-electron chi connectivity index (χ3n) is 3.63. The van der Waals surface area contributed by atoms with E-state index < -0.39 is 50.0 Å². The van der Waals surface area contributed by atoms with Crippen LogP contribution in [0.4, 0.5) is 0 Å². The minimum absolute atomic E-state index is 0. The molecule has 0 saturated carbocycles. The molecule has 1 aliphatic rings. The summed E-state index contributed by atoms with van der Waals surface area (Å²) in [6.45, 7) is -0.528. The molecule has 0 aliphatic carbocycles. The zero-order valence-electron chi connectivity index (χ0n) is 14.3. The van der Waals surface area contributed by atoms with Crippen LogP contribution in [0.2, 0.25) is 0 Å². The topological polar surface area (TPSA) is 144 Å². The van der Waals surface area contributed by atoms with Crippen molar-refractivity contribution in [3.05, 3.63) is 35.9 Å². The summed E-state index contributed by atoms with van der Waals surface area (Å²) < 4.78 is 58.3. The molecule has 26 heavy (non-hydrogen) atoms. The van der Waals surface area contributed by atoms with Gasteiger partial charge in [-0.3, -0.25) is 9.59 Å². The van der Waals surface area contributed by atoms with Crippen molar-refractivity contribution in [2.75, 3.05) is 20.6 Å². The van der Waals surface area contributed by atoms with Crippen LogP contribution in [0.25, 0.3) is 0 Å². The van der Waals surface area contributed by atoms with Crippen molar-refractivity contribution in [3.63, 3.8) is 0 Å². The number of amides is 2. The number of β-lactam (4-membered cyclic amide) rings is 1. The quantitative estimate of drug-likeness (QED) is 0.281. The molecule has 13 heteroatoms. The molecule has 1 fully saturated rings. The van der Waals surface area contributed by atoms with Crippen LogP contribution in [0.3, 0.4) is 0 Å². The Kier molecular flexibility index (Phi) is 7.38. The minimum Gasteiger partial charge on any atom is -0.731 e. The van der Waals surface area contributed by atoms with Crippen molar-refractivity contribution in [1.82, 2.24) is 13.9 Å². The van der Waals surface area contributed by atoms with Crippen molar-refractivity contribution in [2.24, 2.45) is 0 Å². The molecule has 0 radical (unpaired) electrons. The van der Waals surface area contributed by atoms with E-state index in [-0.39, 0.29) is 39.4 Å². The first-order valence-corrected chi connectivity index (χ1v) is 9.87. The van der Waals surface area contributed by atoms with E-state index in [0.29, 0.717) is 0 Å². The second-order valence-corrected chi connectivity index (χ2v) is 9.03. The molecule has 1 aliphatic heterocycles. The molecule has 1 saturated heterocycles. The number of carbonyl (C=O) groups excluding carboxylic acids is 2. The SMILES string of the molecule is CN(C)S(=O)(=O)C(C(=O)NC1CN(S(=O)(=O)[O-])C1=O)c1ccccc1.[Na+]. The van der Waals surface area contributed by atoms with Crippen LogP contribution < -0.4 is 34.9 Å². The van der Waals surface area contributed by atoms with Gasteiger partial charge in [-0.15, -0.1) is 0 Å². The van der Waals surface area contributed by atoms with E-state index in [1.54, 1.807) is 18.2 Å². The molecule has 138 valence electrons. The summed E-state index contributed by atoms with van der Waals surface area (Å²) in [5.74, 6) is -2.08. The average molecular weight is 413 g/mol. The molecule has 1 heterocycles. The van der Waals surface area contributed by atoms with Crippen LogP contribution in [-0.4, -0.2) is 68.5 Å². The van der Waals surface area contributed by atoms with E-state index in [0.717, 1.165) is 4.31 Å². The molecule has 0 bridgehead atoms. The number of nitrogens with one attached hydrogen (secondary N) is 1. The summed E-state index contributed by atoms with van der Waals surface area (Å²) in [5, 5.41) is 0.572. The number of benzene rings is 1. The molecule has 2 atom stereocenters. The average Bonchev–Trinajstić information content (AvgIpc) is 2.50. The predicted molar refractivity (Wildman–Crippen MR) is 85.1 cm³/mol. The van der Waals surface area contributed by atoms with Gasteiger partial charge in [0.15, 0.2) is 15.6 Å². The fourth-order valence-corrected chi connectivity index (χ4v) is 4.19. The number of hydrogen-bond acceptors (Lipinski definition) is 7. The number of nitrogens with zero attached hydrogens (tertiary/aromatic N) is 2. The van der Waals surface area contributed by atoms with Crippen LogP contribution in [0.1, 0.15) is 10.8 Å². The molecule has 2 unspecified atom stereocenters. The first-order chi connectivity index (χ1) is 11.5. The van der Waals surface area contributed by atoms with Gasteiger partial charge in [0.1, 0.15) is 6.04 Å². The number of hydrogen-bond donors (Lipinski definition) is 1. The van der Waals surface area contributed by atoms with Gasteiger partial charge in [0.2, 0.25) is 15.9 Å². The van der Waals surface area contributed by atoms with E-state index in [4.69, 9.17) is 0 Å². The minimum atomic E-state index is -4.94. The van der Waals surface area contributed by atoms with Gasteiger partial charge in [-0.2, -0.15) is 0 Å². The summed E-state index contributed by atoms with van der Waals surface area (Å²) in [6.07, 6.45) is 0. The summed E-state index contributed by atoms with van der Waals surface area (Å²) in [7, 11) is -6.48. The van der Waals surface area contributed by atoms with Crippen LogP contribution >= 0.6 is 0 Å². The van der Waals surface area contributed by atoms with Gasteiger partial charge < -0.3 is 9.87 Å². The van der Waals surface area contributed by atoms with E-state index in [1.807, 2.05) is 0 Å². The van der Waals surface area contributed by atoms with E-state index in [9.17, 15) is 31.0 Å². The summed E-state index contributed by atoms with van der Waals surface area (Å²) in [5.41, 5.74) is 0.189. The monoisotopic (exact) mass is 413 g/mol. The van der Waals surface area contributed by atoms with Gasteiger partial charge in [0, 0.05) is 14.1 Å². The summed E-state index contributed by atoms with van der Waals surface area (Å²) in [6, 6.07) is 6.39. The number of carbonyl (C=O) groups is 2. The van der Waals surface area contributed by atoms with Crippen molar-refractivity contribution in [2.45, 2.75) is 11.3 Å². The Morgan fingerprint density at radius 2 is 1.77 bits per heavy atom. The van der Waals surface area contributed by atoms with Gasteiger partial charge in [0.25, 0.3) is 5.91 Å². The molecule has 1 aromatic rings. The first-order valence-electron chi connectivity index (χ1n) is 7.00. The Morgan fingerprint density at radius 3 is 2.19 bits per heavy atom. The van der Waals surface area contributed by atoms with Crippen molar-refractivity contribution in [3.8, 4) is 0 Å². The predicted octanol–water partition coefficient (Wildman–Crippen LogP) is -4.59. The molecule has 0 aromatic heterocycles. The summed E-state index contributed by atoms with van der Waals surface area (Å²) in [4.78, 5) is 24.1. The van der Waals surface area contributed by atoms with E-state index in [1.165, 1.54) is 26.2 Å². The fraction of sp³-hybridized carbons (Fsp3) is 0.385. The van der Waals surface area contributed by atoms with Crippen molar-refractivity contribution in [1.29, 1.82) is 0 Å². The standard InChI is InChI=1S/C13H17N3O7S2.Na/c1-15(2)24(19,20)11(9-6-4-3-5-7-9)12(17)14-10-8-16(13(10)18)25(21,22)23;/h3-7,10-11H,8H2,1-2H3,(H,14,17)(H,21,22,23);/q;+1/p-1. The molecule has 0 spiro atoms. The molecule has 1 N–H and O–H groups in total. The maximum absolute atomic E-state index is 12.5. The Labute approximate surface area is 173 Å². The second kappa shape index (κ2) is 8.33. The maximum Gasteiger partial charge on any atom is 1.00 e. The van der Waals surface area contributed by atoms with Crippen LogP contribution in [0.5, 0.6) is 0 Å². The summed E-state index contributed by atoms with van der Waals surface area (Å²) >= 11 is 0. The van der Waals surface area contributed by atoms with Gasteiger partial charge in [-0.25, -0.2) is 25.4 Å². The smallest absolute Gasteiger partial charge is 0.731 e. The van der Waals surface area contributed by atoms with Crippen molar-refractivity contribution >= 4 is 32.1 Å². The fourth-order valence-electron chi connectivity index (χ4n) is 2.25. The van der Waals surface area contributed by atoms with Crippen LogP contribution in [0, 0.1) is 0 Å². The Balaban J connectivity index is 0.00000338. The Morgan fingerprint density at radius 1 is 1.23 bits per heavy atom. The van der Waals surface area contributed by atoms with Crippen LogP contribution in [0.15, 0.2) is 30.3 Å². The first kappa shape index (κ1) is 23.0. The molecular weight excluding hydrogens is 397 g/mol. The third kappa shape index (κ3) is 4.63. The number of sulfonamides is 1. The molecule has 10 nitrogen and oxygen atoms in total. The number of rotatable bonds is 6. The van der Waals surface area contributed by atoms with E-state index in [2.05, 4.69) is 5.32 Å². The van der Waals surface area contributed by atoms with E-state index >= 15 is 0 Å². The molecular formula is C13H16N3NaO7S2. The molecule has 1 aromatic carbocycles. The second-order valence-electron chi connectivity index (χ2n) is 5.51. The third-order valence-corrected chi connectivity index (χ3v) is 6.59. The van der Waals surface area contributed by atoms with Crippen LogP contribution in [-0.2, 0) is 29.9 Å². The van der Waals surface area contributed by atoms with Gasteiger partial charge in [-0.1, -0.05) is 30.3 Å². The zero-order chi connectivity index (χ0) is 19.0. The zero-order valence-corrected chi connectivity index (χ0v) is 18.0. The Hall–Kier alpha value is -1.02. The van der Waals surface area contributed by atoms with Crippen molar-refractivity contribution < 1.29 is 60.5 Å². The Bertz CT molecular complexity index is 888. The van der Waals surface area contributed by atoms with Gasteiger partial charge in [-0.05, 0) is 5.56 Å². The van der Waals surface area contributed by atoms with Gasteiger partial charge >= 0.3 is 29.6 Å². The maximum atomic E-state index is 12.5.